The molecule has 1 aromatic rings. The molecule has 0 radical (unpaired) electrons. The Morgan fingerprint density at radius 3 is 2.41 bits per heavy atom. The minimum absolute atomic E-state index is 0.102. The number of rotatable bonds is 8. The number of benzene rings is 1. The van der Waals surface area contributed by atoms with Crippen molar-refractivity contribution in [3.8, 4) is 0 Å². The van der Waals surface area contributed by atoms with Crippen molar-refractivity contribution in [1.82, 2.24) is 4.90 Å². The van der Waals surface area contributed by atoms with Gasteiger partial charge in [0.15, 0.2) is 0 Å². The molecule has 0 aliphatic rings. The van der Waals surface area contributed by atoms with Gasteiger partial charge in [0.25, 0.3) is 0 Å². The van der Waals surface area contributed by atoms with Gasteiger partial charge in [0.05, 0.1) is 13.0 Å². The smallest absolute Gasteiger partial charge is 0.310 e. The third kappa shape index (κ3) is 5.88. The lowest BCUT2D eigenvalue weighted by molar-refractivity contribution is -0.146. The molecule has 1 atom stereocenters. The average molecular weight is 305 g/mol. The molecular weight excluding hydrogens is 278 g/mol. The molecule has 1 unspecified atom stereocenters. The van der Waals surface area contributed by atoms with Crippen molar-refractivity contribution in [3.05, 3.63) is 35.4 Å². The van der Waals surface area contributed by atoms with Gasteiger partial charge in [0.2, 0.25) is 5.91 Å². The fraction of sp³-hybridized carbons (Fsp3) is 0.556. The summed E-state index contributed by atoms with van der Waals surface area (Å²) in [6, 6.07) is 8.40. The summed E-state index contributed by atoms with van der Waals surface area (Å²) in [7, 11) is 1.37. The van der Waals surface area contributed by atoms with Crippen LogP contribution in [0.15, 0.2) is 24.3 Å². The first-order valence-corrected chi connectivity index (χ1v) is 7.89. The summed E-state index contributed by atoms with van der Waals surface area (Å²) in [6.07, 6.45) is 2.23. The second-order valence-electron chi connectivity index (χ2n) is 5.70. The van der Waals surface area contributed by atoms with Gasteiger partial charge in [-0.15, -0.1) is 0 Å². The Morgan fingerprint density at radius 1 is 1.23 bits per heavy atom. The molecule has 0 saturated carbocycles. The normalized spacial score (nSPS) is 11.8. The van der Waals surface area contributed by atoms with Gasteiger partial charge < -0.3 is 9.64 Å². The molecule has 0 fully saturated rings. The molecule has 1 aromatic carbocycles. The van der Waals surface area contributed by atoms with Crippen LogP contribution >= 0.6 is 0 Å². The number of amides is 1. The molecule has 0 bridgehead atoms. The summed E-state index contributed by atoms with van der Waals surface area (Å²) in [6.45, 7) is 6.82. The zero-order valence-corrected chi connectivity index (χ0v) is 14.1. The molecule has 4 heteroatoms. The Hall–Kier alpha value is -1.84. The molecule has 122 valence electrons. The minimum Gasteiger partial charge on any atom is -0.469 e. The quantitative estimate of drug-likeness (QED) is 0.694. The van der Waals surface area contributed by atoms with E-state index in [0.29, 0.717) is 19.5 Å². The number of aryl methyl sites for hydroxylation is 2. The van der Waals surface area contributed by atoms with Gasteiger partial charge in [0, 0.05) is 19.5 Å². The van der Waals surface area contributed by atoms with Crippen LogP contribution in [0.2, 0.25) is 0 Å². The van der Waals surface area contributed by atoms with Gasteiger partial charge in [-0.3, -0.25) is 9.59 Å². The summed E-state index contributed by atoms with van der Waals surface area (Å²) >= 11 is 0. The molecule has 0 N–H and O–H groups in total. The third-order valence-corrected chi connectivity index (χ3v) is 3.81. The second kappa shape index (κ2) is 9.23. The number of carbonyl (C=O) groups excluding carboxylic acids is 2. The average Bonchev–Trinajstić information content (AvgIpc) is 2.53. The van der Waals surface area contributed by atoms with E-state index in [-0.39, 0.29) is 17.8 Å². The maximum Gasteiger partial charge on any atom is 0.310 e. The van der Waals surface area contributed by atoms with Crippen LogP contribution in [-0.4, -0.2) is 37.0 Å². The summed E-state index contributed by atoms with van der Waals surface area (Å²) < 4.78 is 4.71. The summed E-state index contributed by atoms with van der Waals surface area (Å²) in [4.78, 5) is 25.4. The monoisotopic (exact) mass is 305 g/mol. The molecule has 0 spiro atoms. The molecule has 0 heterocycles. The van der Waals surface area contributed by atoms with Crippen LogP contribution in [0.5, 0.6) is 0 Å². The van der Waals surface area contributed by atoms with E-state index in [1.807, 2.05) is 6.92 Å². The first-order valence-electron chi connectivity index (χ1n) is 7.89. The lowest BCUT2D eigenvalue weighted by atomic mass is 10.1. The first-order chi connectivity index (χ1) is 10.5. The minimum atomic E-state index is -0.286. The maximum atomic E-state index is 12.2. The van der Waals surface area contributed by atoms with Crippen molar-refractivity contribution >= 4 is 11.9 Å². The lowest BCUT2D eigenvalue weighted by Gasteiger charge is -2.23. The number of nitrogens with zero attached hydrogens (tertiary/aromatic N) is 1. The molecular formula is C18H27NO3. The number of hydrogen-bond acceptors (Lipinski definition) is 3. The largest absolute Gasteiger partial charge is 0.469 e. The second-order valence-corrected chi connectivity index (χ2v) is 5.70. The van der Waals surface area contributed by atoms with Crippen molar-refractivity contribution in [2.24, 2.45) is 5.92 Å². The molecule has 0 saturated heterocycles. The van der Waals surface area contributed by atoms with Crippen molar-refractivity contribution in [2.75, 3.05) is 20.2 Å². The van der Waals surface area contributed by atoms with Crippen LogP contribution in [0.3, 0.4) is 0 Å². The first kappa shape index (κ1) is 18.2. The Bertz CT molecular complexity index is 482. The lowest BCUT2D eigenvalue weighted by Crippen LogP contribution is -2.37. The van der Waals surface area contributed by atoms with E-state index in [9.17, 15) is 9.59 Å². The Morgan fingerprint density at radius 2 is 1.86 bits per heavy atom. The molecule has 1 amide bonds. The SMILES string of the molecule is CCN(CC(C)C(=O)OC)C(=O)CCCc1ccc(C)cc1. The van der Waals surface area contributed by atoms with Crippen molar-refractivity contribution in [2.45, 2.75) is 40.0 Å². The fourth-order valence-electron chi connectivity index (χ4n) is 2.37. The highest BCUT2D eigenvalue weighted by Crippen LogP contribution is 2.10. The van der Waals surface area contributed by atoms with Gasteiger partial charge in [-0.25, -0.2) is 0 Å². The van der Waals surface area contributed by atoms with E-state index in [0.717, 1.165) is 12.8 Å². The van der Waals surface area contributed by atoms with Crippen LogP contribution in [-0.2, 0) is 20.7 Å². The van der Waals surface area contributed by atoms with E-state index in [1.165, 1.54) is 18.2 Å². The van der Waals surface area contributed by atoms with E-state index < -0.39 is 0 Å². The van der Waals surface area contributed by atoms with Crippen LogP contribution in [0.25, 0.3) is 0 Å². The molecule has 4 nitrogen and oxygen atoms in total. The number of carbonyl (C=O) groups is 2. The Labute approximate surface area is 133 Å². The van der Waals surface area contributed by atoms with Gasteiger partial charge in [-0.1, -0.05) is 36.8 Å². The van der Waals surface area contributed by atoms with Crippen molar-refractivity contribution < 1.29 is 14.3 Å². The van der Waals surface area contributed by atoms with E-state index in [1.54, 1.807) is 11.8 Å². The van der Waals surface area contributed by atoms with E-state index in [2.05, 4.69) is 31.2 Å². The summed E-state index contributed by atoms with van der Waals surface area (Å²) in [5.74, 6) is -0.456. The van der Waals surface area contributed by atoms with Gasteiger partial charge >= 0.3 is 5.97 Å². The molecule has 0 aliphatic heterocycles. The van der Waals surface area contributed by atoms with Gasteiger partial charge in [0.1, 0.15) is 0 Å². The molecule has 22 heavy (non-hydrogen) atoms. The molecule has 1 rings (SSSR count). The van der Waals surface area contributed by atoms with Gasteiger partial charge in [-0.2, -0.15) is 0 Å². The van der Waals surface area contributed by atoms with Crippen molar-refractivity contribution in [1.29, 1.82) is 0 Å². The Kier molecular flexibility index (Phi) is 7.64. The number of hydrogen-bond donors (Lipinski definition) is 0. The van der Waals surface area contributed by atoms with E-state index >= 15 is 0 Å². The highest BCUT2D eigenvalue weighted by Gasteiger charge is 2.19. The van der Waals surface area contributed by atoms with E-state index in [4.69, 9.17) is 4.74 Å². The van der Waals surface area contributed by atoms with Crippen LogP contribution in [0.4, 0.5) is 0 Å². The van der Waals surface area contributed by atoms with Crippen LogP contribution in [0, 0.1) is 12.8 Å². The highest BCUT2D eigenvalue weighted by molar-refractivity contribution is 5.77. The number of ether oxygens (including phenoxy) is 1. The zero-order chi connectivity index (χ0) is 16.5. The third-order valence-electron chi connectivity index (χ3n) is 3.81. The van der Waals surface area contributed by atoms with Crippen molar-refractivity contribution in [3.63, 3.8) is 0 Å². The summed E-state index contributed by atoms with van der Waals surface area (Å²) in [5, 5.41) is 0. The van der Waals surface area contributed by atoms with Crippen LogP contribution < -0.4 is 0 Å². The predicted molar refractivity (Wildman–Crippen MR) is 87.6 cm³/mol. The predicted octanol–water partition coefficient (Wildman–Crippen LogP) is 2.98. The maximum absolute atomic E-state index is 12.2. The van der Waals surface area contributed by atoms with Crippen LogP contribution in [0.1, 0.15) is 37.8 Å². The molecule has 0 aliphatic carbocycles. The number of esters is 1. The fourth-order valence-corrected chi connectivity index (χ4v) is 2.37. The highest BCUT2D eigenvalue weighted by atomic mass is 16.5. The summed E-state index contributed by atoms with van der Waals surface area (Å²) in [5.41, 5.74) is 2.50. The molecule has 0 aromatic heterocycles. The van der Waals surface area contributed by atoms with Gasteiger partial charge in [-0.05, 0) is 32.3 Å². The zero-order valence-electron chi connectivity index (χ0n) is 14.1. The Balaban J connectivity index is 2.41. The topological polar surface area (TPSA) is 46.6 Å². The standard InChI is InChI=1S/C18H27NO3/c1-5-19(13-15(3)18(21)22-4)17(20)8-6-7-16-11-9-14(2)10-12-16/h9-12,15H,5-8,13H2,1-4H3. The number of methoxy groups -OCH3 is 1.